The highest BCUT2D eigenvalue weighted by Gasteiger charge is 2.33. The molecule has 4 nitrogen and oxygen atoms in total. The molecule has 3 rings (SSSR count). The van der Waals surface area contributed by atoms with Gasteiger partial charge in [-0.05, 0) is 42.5 Å². The molecule has 0 saturated carbocycles. The number of carbonyl (C=O) groups is 1. The molecule has 1 aromatic heterocycles. The minimum atomic E-state index is -0.470. The fraction of sp³-hybridized carbons (Fsp3) is 0.389. The molecule has 1 saturated heterocycles. The van der Waals surface area contributed by atoms with Crippen LogP contribution < -0.4 is 5.32 Å². The van der Waals surface area contributed by atoms with Gasteiger partial charge < -0.3 is 10.4 Å². The average Bonchev–Trinajstić information content (AvgIpc) is 3.18. The summed E-state index contributed by atoms with van der Waals surface area (Å²) in [6.07, 6.45) is 0.0851. The third-order valence-electron chi connectivity index (χ3n) is 4.33. The molecule has 0 aliphatic carbocycles. The maximum atomic E-state index is 13.1. The molecule has 2 aromatic rings. The fourth-order valence-electron chi connectivity index (χ4n) is 3.17. The molecular weight excluding hydrogens is 327 g/mol. The molecule has 1 aliphatic rings. The lowest BCUT2D eigenvalue weighted by Gasteiger charge is -2.24. The highest BCUT2D eigenvalue weighted by atomic mass is 32.1. The summed E-state index contributed by atoms with van der Waals surface area (Å²) in [4.78, 5) is 15.4. The zero-order chi connectivity index (χ0) is 17.1. The van der Waals surface area contributed by atoms with Crippen molar-refractivity contribution in [2.24, 2.45) is 0 Å². The Morgan fingerprint density at radius 3 is 2.83 bits per heavy atom. The second kappa shape index (κ2) is 7.42. The van der Waals surface area contributed by atoms with Gasteiger partial charge in [0.2, 0.25) is 5.91 Å². The number of nitrogens with one attached hydrogen (secondary N) is 1. The molecule has 0 radical (unpaired) electrons. The number of aliphatic hydroxyl groups is 1. The van der Waals surface area contributed by atoms with Crippen molar-refractivity contribution in [1.29, 1.82) is 0 Å². The first kappa shape index (κ1) is 17.1. The van der Waals surface area contributed by atoms with E-state index in [1.165, 1.54) is 12.1 Å². The van der Waals surface area contributed by atoms with Crippen LogP contribution in [-0.2, 0) is 4.79 Å². The van der Waals surface area contributed by atoms with Crippen LogP contribution in [0.25, 0.3) is 0 Å². The van der Waals surface area contributed by atoms with Gasteiger partial charge in [-0.1, -0.05) is 18.2 Å². The van der Waals surface area contributed by atoms with Gasteiger partial charge in [-0.3, -0.25) is 9.69 Å². The van der Waals surface area contributed by atoms with Crippen molar-refractivity contribution < 1.29 is 14.3 Å². The summed E-state index contributed by atoms with van der Waals surface area (Å²) < 4.78 is 13.1. The number of amides is 1. The molecule has 0 spiro atoms. The lowest BCUT2D eigenvalue weighted by molar-refractivity contribution is -0.123. The molecule has 24 heavy (non-hydrogen) atoms. The number of likely N-dealkylation sites (tertiary alicyclic amines) is 1. The Balaban J connectivity index is 1.63. The molecule has 3 atom stereocenters. The smallest absolute Gasteiger partial charge is 0.234 e. The molecule has 1 fully saturated rings. The molecule has 1 aromatic carbocycles. The molecule has 2 N–H and O–H groups in total. The quantitative estimate of drug-likeness (QED) is 0.874. The molecule has 1 aliphatic heterocycles. The van der Waals surface area contributed by atoms with Crippen molar-refractivity contribution in [3.63, 3.8) is 0 Å². The lowest BCUT2D eigenvalue weighted by atomic mass is 10.0. The summed E-state index contributed by atoms with van der Waals surface area (Å²) in [5.41, 5.74) is 0.923. The molecule has 3 unspecified atom stereocenters. The van der Waals surface area contributed by atoms with E-state index in [4.69, 9.17) is 0 Å². The van der Waals surface area contributed by atoms with Gasteiger partial charge in [-0.15, -0.1) is 11.3 Å². The van der Waals surface area contributed by atoms with E-state index < -0.39 is 6.10 Å². The molecule has 6 heteroatoms. The van der Waals surface area contributed by atoms with E-state index in [0.29, 0.717) is 13.0 Å². The summed E-state index contributed by atoms with van der Waals surface area (Å²) in [5.74, 6) is -0.358. The Labute approximate surface area is 144 Å². The van der Waals surface area contributed by atoms with Crippen molar-refractivity contribution >= 4 is 17.2 Å². The van der Waals surface area contributed by atoms with E-state index in [1.807, 2.05) is 29.3 Å². The van der Waals surface area contributed by atoms with Gasteiger partial charge in [-0.25, -0.2) is 4.39 Å². The number of benzene rings is 1. The summed E-state index contributed by atoms with van der Waals surface area (Å²) in [6.45, 7) is 2.62. The van der Waals surface area contributed by atoms with Crippen LogP contribution in [0.3, 0.4) is 0 Å². The molecule has 1 amide bonds. The first-order valence-corrected chi connectivity index (χ1v) is 8.91. The molecule has 0 bridgehead atoms. The van der Waals surface area contributed by atoms with Crippen molar-refractivity contribution in [3.05, 3.63) is 58.0 Å². The maximum Gasteiger partial charge on any atom is 0.234 e. The van der Waals surface area contributed by atoms with Crippen LogP contribution in [0, 0.1) is 5.82 Å². The standard InChI is InChI=1S/C18H21FN2O2S/c1-12(17-3-2-8-24-17)20-18(23)11-21-10-15(22)9-16(21)13-4-6-14(19)7-5-13/h2-8,12,15-16,22H,9-11H2,1H3,(H,20,23). The van der Waals surface area contributed by atoms with Gasteiger partial charge in [-0.2, -0.15) is 0 Å². The Kier molecular flexibility index (Phi) is 5.28. The van der Waals surface area contributed by atoms with E-state index in [2.05, 4.69) is 5.32 Å². The fourth-order valence-corrected chi connectivity index (χ4v) is 3.90. The van der Waals surface area contributed by atoms with Gasteiger partial charge in [0, 0.05) is 17.5 Å². The minimum Gasteiger partial charge on any atom is -0.392 e. The van der Waals surface area contributed by atoms with E-state index in [9.17, 15) is 14.3 Å². The summed E-state index contributed by atoms with van der Waals surface area (Å²) in [7, 11) is 0. The SMILES string of the molecule is CC(NC(=O)CN1CC(O)CC1c1ccc(F)cc1)c1cccs1. The van der Waals surface area contributed by atoms with Crippen LogP contribution in [0.4, 0.5) is 4.39 Å². The van der Waals surface area contributed by atoms with Crippen LogP contribution in [0.2, 0.25) is 0 Å². The topological polar surface area (TPSA) is 52.6 Å². The zero-order valence-corrected chi connectivity index (χ0v) is 14.3. The van der Waals surface area contributed by atoms with Crippen LogP contribution >= 0.6 is 11.3 Å². The largest absolute Gasteiger partial charge is 0.392 e. The zero-order valence-electron chi connectivity index (χ0n) is 13.5. The van der Waals surface area contributed by atoms with E-state index in [0.717, 1.165) is 10.4 Å². The van der Waals surface area contributed by atoms with Crippen molar-refractivity contribution in [2.75, 3.05) is 13.1 Å². The van der Waals surface area contributed by atoms with Crippen LogP contribution in [0.1, 0.15) is 35.9 Å². The number of carbonyl (C=O) groups excluding carboxylic acids is 1. The second-order valence-corrected chi connectivity index (χ2v) is 7.17. The number of nitrogens with zero attached hydrogens (tertiary/aromatic N) is 1. The third-order valence-corrected chi connectivity index (χ3v) is 5.39. The summed E-state index contributed by atoms with van der Waals surface area (Å²) >= 11 is 1.61. The Morgan fingerprint density at radius 1 is 1.42 bits per heavy atom. The van der Waals surface area contributed by atoms with Gasteiger partial charge in [0.25, 0.3) is 0 Å². The van der Waals surface area contributed by atoms with E-state index in [-0.39, 0.29) is 30.4 Å². The highest BCUT2D eigenvalue weighted by Crippen LogP contribution is 2.32. The number of rotatable bonds is 5. The highest BCUT2D eigenvalue weighted by molar-refractivity contribution is 7.10. The first-order valence-electron chi connectivity index (χ1n) is 8.03. The normalized spacial score (nSPS) is 22.5. The third kappa shape index (κ3) is 4.01. The summed E-state index contributed by atoms with van der Waals surface area (Å²) in [5, 5.41) is 15.0. The number of β-amino-alcohol motifs (C(OH)–C–C–N with tert-alkyl or cyclic N) is 1. The Hall–Kier alpha value is -1.76. The van der Waals surface area contributed by atoms with Gasteiger partial charge in [0.15, 0.2) is 0 Å². The van der Waals surface area contributed by atoms with Gasteiger partial charge in [0.1, 0.15) is 5.82 Å². The Bertz CT molecular complexity index is 675. The molecular formula is C18H21FN2O2S. The predicted molar refractivity (Wildman–Crippen MR) is 92.2 cm³/mol. The number of thiophene rings is 1. The van der Waals surface area contributed by atoms with Crippen molar-refractivity contribution in [1.82, 2.24) is 10.2 Å². The van der Waals surface area contributed by atoms with Crippen molar-refractivity contribution in [2.45, 2.75) is 31.5 Å². The van der Waals surface area contributed by atoms with Crippen LogP contribution in [-0.4, -0.2) is 35.1 Å². The van der Waals surface area contributed by atoms with E-state index in [1.54, 1.807) is 23.5 Å². The minimum absolute atomic E-state index is 0.0331. The first-order chi connectivity index (χ1) is 11.5. The second-order valence-electron chi connectivity index (χ2n) is 6.19. The molecule has 2 heterocycles. The lowest BCUT2D eigenvalue weighted by Crippen LogP contribution is -2.38. The van der Waals surface area contributed by atoms with Crippen LogP contribution in [0.15, 0.2) is 41.8 Å². The van der Waals surface area contributed by atoms with E-state index >= 15 is 0 Å². The van der Waals surface area contributed by atoms with Crippen molar-refractivity contribution in [3.8, 4) is 0 Å². The Morgan fingerprint density at radius 2 is 2.17 bits per heavy atom. The average molecular weight is 348 g/mol. The van der Waals surface area contributed by atoms with Gasteiger partial charge in [0.05, 0.1) is 18.7 Å². The predicted octanol–water partition coefficient (Wildman–Crippen LogP) is 2.87. The van der Waals surface area contributed by atoms with Gasteiger partial charge >= 0.3 is 0 Å². The molecule has 128 valence electrons. The number of aliphatic hydroxyl groups excluding tert-OH is 1. The number of halogens is 1. The number of hydrogen-bond acceptors (Lipinski definition) is 4. The van der Waals surface area contributed by atoms with Crippen LogP contribution in [0.5, 0.6) is 0 Å². The monoisotopic (exact) mass is 348 g/mol. The summed E-state index contributed by atoms with van der Waals surface area (Å²) in [6, 6.07) is 10.1. The number of hydrogen-bond donors (Lipinski definition) is 2. The maximum absolute atomic E-state index is 13.1.